The number of nitrogens with one attached hydrogen (secondary N) is 1. The minimum Gasteiger partial charge on any atom is -0.378 e. The molecule has 0 aliphatic carbocycles. The molecule has 1 aliphatic heterocycles. The maximum Gasteiger partial charge on any atom is 0.188 e. The van der Waals surface area contributed by atoms with Crippen LogP contribution >= 0.6 is 0 Å². The fourth-order valence-electron chi connectivity index (χ4n) is 1.88. The normalized spacial score (nSPS) is 28.8. The van der Waals surface area contributed by atoms with E-state index in [2.05, 4.69) is 31.1 Å². The van der Waals surface area contributed by atoms with Crippen LogP contribution < -0.4 is 11.1 Å². The highest BCUT2D eigenvalue weighted by atomic mass is 16.5. The zero-order valence-electron chi connectivity index (χ0n) is 10.7. The van der Waals surface area contributed by atoms with E-state index in [0.717, 1.165) is 32.4 Å². The van der Waals surface area contributed by atoms with Gasteiger partial charge in [-0.2, -0.15) is 0 Å². The number of hydrogen-bond acceptors (Lipinski definition) is 2. The van der Waals surface area contributed by atoms with Crippen LogP contribution in [0.2, 0.25) is 0 Å². The molecule has 3 unspecified atom stereocenters. The summed E-state index contributed by atoms with van der Waals surface area (Å²) in [5.74, 6) is 1.20. The number of aliphatic imine (C=N–C) groups is 1. The zero-order valence-corrected chi connectivity index (χ0v) is 10.7. The summed E-state index contributed by atoms with van der Waals surface area (Å²) < 4.78 is 5.50. The van der Waals surface area contributed by atoms with E-state index < -0.39 is 0 Å². The number of nitrogens with zero attached hydrogens (tertiary/aromatic N) is 1. The largest absolute Gasteiger partial charge is 0.378 e. The van der Waals surface area contributed by atoms with Gasteiger partial charge in [-0.25, -0.2) is 0 Å². The van der Waals surface area contributed by atoms with Crippen LogP contribution in [0.1, 0.15) is 40.0 Å². The van der Waals surface area contributed by atoms with Gasteiger partial charge in [0.05, 0.1) is 6.10 Å². The van der Waals surface area contributed by atoms with Crippen molar-refractivity contribution in [1.82, 2.24) is 5.32 Å². The van der Waals surface area contributed by atoms with E-state index in [1.54, 1.807) is 0 Å². The second-order valence-corrected chi connectivity index (χ2v) is 4.75. The molecule has 1 saturated heterocycles. The average Bonchev–Trinajstić information content (AvgIpc) is 2.26. The van der Waals surface area contributed by atoms with Gasteiger partial charge >= 0.3 is 0 Å². The quantitative estimate of drug-likeness (QED) is 0.565. The summed E-state index contributed by atoms with van der Waals surface area (Å²) in [6.07, 6.45) is 3.63. The maximum atomic E-state index is 5.81. The van der Waals surface area contributed by atoms with Crippen molar-refractivity contribution in [3.63, 3.8) is 0 Å². The van der Waals surface area contributed by atoms with Gasteiger partial charge < -0.3 is 15.8 Å². The first-order valence-electron chi connectivity index (χ1n) is 6.29. The Morgan fingerprint density at radius 3 is 3.00 bits per heavy atom. The molecule has 4 heteroatoms. The lowest BCUT2D eigenvalue weighted by Gasteiger charge is -2.26. The molecule has 0 bridgehead atoms. The molecule has 1 fully saturated rings. The van der Waals surface area contributed by atoms with E-state index in [-0.39, 0.29) is 0 Å². The Bertz CT molecular complexity index is 230. The third-order valence-electron chi connectivity index (χ3n) is 3.12. The van der Waals surface area contributed by atoms with Crippen molar-refractivity contribution in [2.75, 3.05) is 13.2 Å². The first kappa shape index (κ1) is 13.3. The van der Waals surface area contributed by atoms with Gasteiger partial charge in [0.25, 0.3) is 0 Å². The molecule has 0 aromatic rings. The summed E-state index contributed by atoms with van der Waals surface area (Å²) in [4.78, 5) is 4.40. The van der Waals surface area contributed by atoms with E-state index in [1.807, 2.05) is 0 Å². The van der Waals surface area contributed by atoms with Gasteiger partial charge in [0.15, 0.2) is 5.96 Å². The first-order chi connectivity index (χ1) is 7.61. The first-order valence-corrected chi connectivity index (χ1v) is 6.29. The maximum absolute atomic E-state index is 5.81. The lowest BCUT2D eigenvalue weighted by atomic mass is 9.96. The van der Waals surface area contributed by atoms with E-state index in [9.17, 15) is 0 Å². The van der Waals surface area contributed by atoms with Crippen LogP contribution in [-0.2, 0) is 4.74 Å². The van der Waals surface area contributed by atoms with Crippen LogP contribution in [0.4, 0.5) is 0 Å². The molecule has 0 radical (unpaired) electrons. The summed E-state index contributed by atoms with van der Waals surface area (Å²) in [5, 5.41) is 3.18. The van der Waals surface area contributed by atoms with Crippen molar-refractivity contribution >= 4 is 5.96 Å². The molecule has 0 saturated carbocycles. The minimum absolute atomic E-state index is 0.373. The summed E-state index contributed by atoms with van der Waals surface area (Å²) in [6, 6.07) is 0.400. The van der Waals surface area contributed by atoms with Gasteiger partial charge in [0.1, 0.15) is 0 Å². The van der Waals surface area contributed by atoms with Crippen molar-refractivity contribution in [1.29, 1.82) is 0 Å². The van der Waals surface area contributed by atoms with Gasteiger partial charge in [0, 0.05) is 19.2 Å². The monoisotopic (exact) mass is 227 g/mol. The Labute approximate surface area is 98.6 Å². The standard InChI is InChI=1S/C12H25N3O/c1-4-9(2)15-12(13)14-8-11-5-6-16-10(3)7-11/h9-11H,4-8H2,1-3H3,(H3,13,14,15). The van der Waals surface area contributed by atoms with Crippen molar-refractivity contribution in [2.24, 2.45) is 16.6 Å². The molecule has 16 heavy (non-hydrogen) atoms. The van der Waals surface area contributed by atoms with Crippen LogP contribution in [-0.4, -0.2) is 31.3 Å². The van der Waals surface area contributed by atoms with Crippen LogP contribution in [0.5, 0.6) is 0 Å². The highest BCUT2D eigenvalue weighted by Gasteiger charge is 2.18. The summed E-state index contributed by atoms with van der Waals surface area (Å²) in [5.41, 5.74) is 5.81. The Balaban J connectivity index is 2.28. The van der Waals surface area contributed by atoms with Crippen LogP contribution in [0.3, 0.4) is 0 Å². The topological polar surface area (TPSA) is 59.6 Å². The Kier molecular flexibility index (Phi) is 5.60. The number of ether oxygens (including phenoxy) is 1. The average molecular weight is 227 g/mol. The van der Waals surface area contributed by atoms with E-state index >= 15 is 0 Å². The fraction of sp³-hybridized carbons (Fsp3) is 0.917. The van der Waals surface area contributed by atoms with Crippen molar-refractivity contribution in [2.45, 2.75) is 52.2 Å². The zero-order chi connectivity index (χ0) is 12.0. The third-order valence-corrected chi connectivity index (χ3v) is 3.12. The molecule has 0 aromatic heterocycles. The van der Waals surface area contributed by atoms with E-state index in [4.69, 9.17) is 10.5 Å². The van der Waals surface area contributed by atoms with E-state index in [1.165, 1.54) is 0 Å². The Morgan fingerprint density at radius 1 is 1.62 bits per heavy atom. The summed E-state index contributed by atoms with van der Waals surface area (Å²) >= 11 is 0. The molecular formula is C12H25N3O. The van der Waals surface area contributed by atoms with Crippen molar-refractivity contribution in [3.8, 4) is 0 Å². The second kappa shape index (κ2) is 6.74. The number of guanidine groups is 1. The van der Waals surface area contributed by atoms with Gasteiger partial charge in [-0.3, -0.25) is 4.99 Å². The summed E-state index contributed by atoms with van der Waals surface area (Å²) in [6.45, 7) is 8.05. The van der Waals surface area contributed by atoms with Crippen LogP contribution in [0, 0.1) is 5.92 Å². The number of rotatable bonds is 4. The molecule has 1 rings (SSSR count). The third kappa shape index (κ3) is 4.84. The predicted molar refractivity (Wildman–Crippen MR) is 67.5 cm³/mol. The second-order valence-electron chi connectivity index (χ2n) is 4.75. The summed E-state index contributed by atoms with van der Waals surface area (Å²) in [7, 11) is 0. The molecular weight excluding hydrogens is 202 g/mol. The van der Waals surface area contributed by atoms with Gasteiger partial charge in [0.2, 0.25) is 0 Å². The van der Waals surface area contributed by atoms with Crippen LogP contribution in [0.25, 0.3) is 0 Å². The van der Waals surface area contributed by atoms with Crippen molar-refractivity contribution < 1.29 is 4.74 Å². The van der Waals surface area contributed by atoms with Gasteiger partial charge in [-0.1, -0.05) is 6.92 Å². The molecule has 1 heterocycles. The molecule has 3 atom stereocenters. The van der Waals surface area contributed by atoms with Crippen molar-refractivity contribution in [3.05, 3.63) is 0 Å². The van der Waals surface area contributed by atoms with Gasteiger partial charge in [-0.15, -0.1) is 0 Å². The number of nitrogens with two attached hydrogens (primary N) is 1. The molecule has 4 nitrogen and oxygen atoms in total. The fourth-order valence-corrected chi connectivity index (χ4v) is 1.88. The number of hydrogen-bond donors (Lipinski definition) is 2. The van der Waals surface area contributed by atoms with Gasteiger partial charge in [-0.05, 0) is 39.0 Å². The highest BCUT2D eigenvalue weighted by molar-refractivity contribution is 5.78. The molecule has 0 amide bonds. The lowest BCUT2D eigenvalue weighted by Crippen LogP contribution is -2.38. The molecule has 0 aromatic carbocycles. The van der Waals surface area contributed by atoms with Crippen LogP contribution in [0.15, 0.2) is 4.99 Å². The lowest BCUT2D eigenvalue weighted by molar-refractivity contribution is 0.00481. The molecule has 3 N–H and O–H groups in total. The highest BCUT2D eigenvalue weighted by Crippen LogP contribution is 2.19. The molecule has 1 aliphatic rings. The smallest absolute Gasteiger partial charge is 0.188 e. The van der Waals surface area contributed by atoms with E-state index in [0.29, 0.717) is 24.0 Å². The molecule has 94 valence electrons. The predicted octanol–water partition coefficient (Wildman–Crippen LogP) is 1.50. The molecule has 0 spiro atoms. The SMILES string of the molecule is CCC(C)NC(N)=NCC1CCOC(C)C1. The Hall–Kier alpha value is -0.770. The minimum atomic E-state index is 0.373. The Morgan fingerprint density at radius 2 is 2.38 bits per heavy atom.